The van der Waals surface area contributed by atoms with Crippen LogP contribution in [-0.2, 0) is 11.3 Å². The molecule has 2 heterocycles. The highest BCUT2D eigenvalue weighted by Gasteiger charge is 2.19. The molecule has 14 heavy (non-hydrogen) atoms. The molecule has 2 rings (SSSR count). The second-order valence-corrected chi connectivity index (χ2v) is 4.20. The number of piperidine rings is 1. The molecule has 0 atom stereocenters. The Bertz CT molecular complexity index is 337. The Morgan fingerprint density at radius 3 is 3.07 bits per heavy atom. The van der Waals surface area contributed by atoms with Gasteiger partial charge in [-0.1, -0.05) is 5.16 Å². The highest BCUT2D eigenvalue weighted by atomic mass is 79.9. The molecule has 1 amide bonds. The van der Waals surface area contributed by atoms with Gasteiger partial charge >= 0.3 is 0 Å². The van der Waals surface area contributed by atoms with Gasteiger partial charge in [0.05, 0.1) is 6.54 Å². The molecule has 0 saturated carbocycles. The minimum absolute atomic E-state index is 0.212. The molecule has 0 aliphatic carbocycles. The van der Waals surface area contributed by atoms with E-state index in [0.29, 0.717) is 17.6 Å². The predicted octanol–water partition coefficient (Wildman–Crippen LogP) is 1.95. The van der Waals surface area contributed by atoms with Crippen LogP contribution < -0.4 is 0 Å². The van der Waals surface area contributed by atoms with E-state index in [1.165, 1.54) is 0 Å². The average Bonchev–Trinajstić information content (AvgIpc) is 2.56. The molecular formula is C9H11BrN2O2. The number of halogens is 1. The van der Waals surface area contributed by atoms with Gasteiger partial charge in [0.25, 0.3) is 0 Å². The Morgan fingerprint density at radius 2 is 2.43 bits per heavy atom. The summed E-state index contributed by atoms with van der Waals surface area (Å²) in [5.74, 6) is 0.941. The molecule has 4 nitrogen and oxygen atoms in total. The monoisotopic (exact) mass is 258 g/mol. The third-order valence-corrected chi connectivity index (χ3v) is 2.67. The maximum Gasteiger partial charge on any atom is 0.222 e. The molecular weight excluding hydrogens is 248 g/mol. The van der Waals surface area contributed by atoms with Crippen LogP contribution in [-0.4, -0.2) is 22.5 Å². The van der Waals surface area contributed by atoms with Crippen LogP contribution in [0.2, 0.25) is 0 Å². The average molecular weight is 259 g/mol. The molecule has 0 radical (unpaired) electrons. The van der Waals surface area contributed by atoms with Crippen LogP contribution in [0.25, 0.3) is 0 Å². The van der Waals surface area contributed by atoms with Gasteiger partial charge in [-0.2, -0.15) is 0 Å². The summed E-state index contributed by atoms with van der Waals surface area (Å²) in [6, 6.07) is 1.79. The van der Waals surface area contributed by atoms with Crippen LogP contribution in [0.1, 0.15) is 25.0 Å². The van der Waals surface area contributed by atoms with Crippen LogP contribution in [0.3, 0.4) is 0 Å². The molecule has 1 aliphatic rings. The number of carbonyl (C=O) groups excluding carboxylic acids is 1. The first-order valence-electron chi connectivity index (χ1n) is 4.64. The lowest BCUT2D eigenvalue weighted by Gasteiger charge is -2.25. The Morgan fingerprint density at radius 1 is 1.57 bits per heavy atom. The number of hydrogen-bond acceptors (Lipinski definition) is 3. The number of aromatic nitrogens is 1. The van der Waals surface area contributed by atoms with Gasteiger partial charge in [0.1, 0.15) is 4.60 Å². The minimum atomic E-state index is 0.212. The maximum absolute atomic E-state index is 11.5. The van der Waals surface area contributed by atoms with Crippen LogP contribution >= 0.6 is 15.9 Å². The van der Waals surface area contributed by atoms with Gasteiger partial charge in [0, 0.05) is 19.0 Å². The molecule has 1 saturated heterocycles. The topological polar surface area (TPSA) is 46.3 Å². The van der Waals surface area contributed by atoms with Crippen LogP contribution in [0.15, 0.2) is 15.2 Å². The van der Waals surface area contributed by atoms with E-state index >= 15 is 0 Å². The van der Waals surface area contributed by atoms with Crippen molar-refractivity contribution in [3.8, 4) is 0 Å². The number of carbonyl (C=O) groups is 1. The fraction of sp³-hybridized carbons (Fsp3) is 0.556. The molecule has 0 unspecified atom stereocenters. The normalized spacial score (nSPS) is 17.5. The second kappa shape index (κ2) is 4.13. The van der Waals surface area contributed by atoms with E-state index < -0.39 is 0 Å². The zero-order valence-corrected chi connectivity index (χ0v) is 9.29. The van der Waals surface area contributed by atoms with E-state index in [1.54, 1.807) is 6.07 Å². The van der Waals surface area contributed by atoms with E-state index in [0.717, 1.165) is 25.1 Å². The van der Waals surface area contributed by atoms with E-state index in [2.05, 4.69) is 21.1 Å². The highest BCUT2D eigenvalue weighted by Crippen LogP contribution is 2.16. The second-order valence-electron chi connectivity index (χ2n) is 3.39. The van der Waals surface area contributed by atoms with E-state index in [1.807, 2.05) is 4.90 Å². The van der Waals surface area contributed by atoms with E-state index in [9.17, 15) is 4.79 Å². The smallest absolute Gasteiger partial charge is 0.222 e. The van der Waals surface area contributed by atoms with E-state index in [-0.39, 0.29) is 5.91 Å². The summed E-state index contributed by atoms with van der Waals surface area (Å²) in [4.78, 5) is 13.3. The van der Waals surface area contributed by atoms with Crippen LogP contribution in [0.5, 0.6) is 0 Å². The number of amides is 1. The van der Waals surface area contributed by atoms with E-state index in [4.69, 9.17) is 4.52 Å². The predicted molar refractivity (Wildman–Crippen MR) is 53.5 cm³/mol. The summed E-state index contributed by atoms with van der Waals surface area (Å²) in [5.41, 5.74) is 0. The summed E-state index contributed by atoms with van der Waals surface area (Å²) < 4.78 is 5.70. The van der Waals surface area contributed by atoms with Gasteiger partial charge in [-0.25, -0.2) is 0 Å². The first kappa shape index (κ1) is 9.71. The number of nitrogens with zero attached hydrogens (tertiary/aromatic N) is 2. The molecule has 0 N–H and O–H groups in total. The first-order chi connectivity index (χ1) is 6.75. The van der Waals surface area contributed by atoms with Crippen molar-refractivity contribution in [3.63, 3.8) is 0 Å². The Hall–Kier alpha value is -0.840. The zero-order valence-electron chi connectivity index (χ0n) is 7.70. The number of hydrogen-bond donors (Lipinski definition) is 0. The van der Waals surface area contributed by atoms with Gasteiger partial charge in [-0.05, 0) is 28.8 Å². The Kier molecular flexibility index (Phi) is 2.86. The van der Waals surface area contributed by atoms with Crippen molar-refractivity contribution < 1.29 is 9.32 Å². The van der Waals surface area contributed by atoms with Gasteiger partial charge in [0.2, 0.25) is 5.91 Å². The van der Waals surface area contributed by atoms with Gasteiger partial charge in [0.15, 0.2) is 5.76 Å². The summed E-state index contributed by atoms with van der Waals surface area (Å²) >= 11 is 3.20. The molecule has 1 aromatic rings. The first-order valence-corrected chi connectivity index (χ1v) is 5.44. The Labute approximate surface area is 90.4 Å². The molecule has 1 aromatic heterocycles. The largest absolute Gasteiger partial charge is 0.358 e. The minimum Gasteiger partial charge on any atom is -0.358 e. The number of rotatable bonds is 2. The van der Waals surface area contributed by atoms with Gasteiger partial charge < -0.3 is 9.42 Å². The van der Waals surface area contributed by atoms with Crippen molar-refractivity contribution in [2.75, 3.05) is 6.54 Å². The quantitative estimate of drug-likeness (QED) is 0.815. The maximum atomic E-state index is 11.5. The van der Waals surface area contributed by atoms with Crippen molar-refractivity contribution in [1.82, 2.24) is 10.1 Å². The number of likely N-dealkylation sites (tertiary alicyclic amines) is 1. The molecule has 5 heteroatoms. The SMILES string of the molecule is O=C1CCCCN1Cc1cc(Br)no1. The Balaban J connectivity index is 1.99. The zero-order chi connectivity index (χ0) is 9.97. The summed E-state index contributed by atoms with van der Waals surface area (Å²) in [7, 11) is 0. The lowest BCUT2D eigenvalue weighted by atomic mass is 10.1. The highest BCUT2D eigenvalue weighted by molar-refractivity contribution is 9.10. The summed E-state index contributed by atoms with van der Waals surface area (Å²) in [6.45, 7) is 1.37. The van der Waals surface area contributed by atoms with Crippen LogP contribution in [0.4, 0.5) is 0 Å². The fourth-order valence-corrected chi connectivity index (χ4v) is 1.91. The molecule has 76 valence electrons. The lowest BCUT2D eigenvalue weighted by molar-refractivity contribution is -0.134. The molecule has 0 bridgehead atoms. The van der Waals surface area contributed by atoms with Crippen LogP contribution in [0, 0.1) is 0 Å². The van der Waals surface area contributed by atoms with Crippen molar-refractivity contribution in [1.29, 1.82) is 0 Å². The fourth-order valence-electron chi connectivity index (χ4n) is 1.58. The summed E-state index contributed by atoms with van der Waals surface area (Å²) in [5, 5.41) is 3.71. The third-order valence-electron chi connectivity index (χ3n) is 2.30. The van der Waals surface area contributed by atoms with Crippen molar-refractivity contribution in [3.05, 3.63) is 16.4 Å². The molecule has 1 fully saturated rings. The van der Waals surface area contributed by atoms with Crippen molar-refractivity contribution in [2.24, 2.45) is 0 Å². The standard InChI is InChI=1S/C9H11BrN2O2/c10-8-5-7(14-11-8)6-12-4-2-1-3-9(12)13/h5H,1-4,6H2. The summed E-state index contributed by atoms with van der Waals surface area (Å²) in [6.07, 6.45) is 2.76. The molecule has 0 aromatic carbocycles. The lowest BCUT2D eigenvalue weighted by Crippen LogP contribution is -2.34. The van der Waals surface area contributed by atoms with Crippen molar-refractivity contribution in [2.45, 2.75) is 25.8 Å². The van der Waals surface area contributed by atoms with Crippen molar-refractivity contribution >= 4 is 21.8 Å². The third kappa shape index (κ3) is 2.15. The molecule has 1 aliphatic heterocycles. The molecule has 0 spiro atoms. The van der Waals surface area contributed by atoms with Gasteiger partial charge in [-0.15, -0.1) is 0 Å². The van der Waals surface area contributed by atoms with Gasteiger partial charge in [-0.3, -0.25) is 4.79 Å².